The molecule has 7 rings (SSSR count). The van der Waals surface area contributed by atoms with Crippen LogP contribution in [0.4, 0.5) is 13.2 Å². The number of likely N-dealkylation sites (tertiary alicyclic amines) is 1. The zero-order chi connectivity index (χ0) is 100. The molecule has 136 heavy (non-hydrogen) atoms. The maximum atomic E-state index is 15.5. The average Bonchev–Trinajstić information content (AvgIpc) is 1.72. The first kappa shape index (κ1) is 110. The number of aromatic amines is 1. The van der Waals surface area contributed by atoms with Gasteiger partial charge in [-0.1, -0.05) is 138 Å². The van der Waals surface area contributed by atoms with Crippen molar-refractivity contribution in [2.24, 2.45) is 29.0 Å². The minimum absolute atomic E-state index is 0.0335. The first-order valence-electron chi connectivity index (χ1n) is 44.8. The van der Waals surface area contributed by atoms with Crippen LogP contribution >= 0.6 is 11.8 Å². The molecule has 0 saturated carbocycles. The Labute approximate surface area is 790 Å². The van der Waals surface area contributed by atoms with Crippen molar-refractivity contribution in [3.8, 4) is 5.75 Å². The number of fused-ring (bicyclic) bond motifs is 1. The average molecular weight is 1920 g/mol. The number of carbonyl (C=O) groups excluding carboxylic acids is 14. The molecule has 0 aliphatic carbocycles. The first-order valence-corrected chi connectivity index (χ1v) is 46.0. The summed E-state index contributed by atoms with van der Waals surface area (Å²) in [5.41, 5.74) is 20.3. The Morgan fingerprint density at radius 2 is 1.16 bits per heavy atom. The lowest BCUT2D eigenvalue weighted by Gasteiger charge is -2.37. The number of rotatable bonds is 56. The maximum absolute atomic E-state index is 15.5. The number of aliphatic hydroxyl groups excluding tert-OH is 1. The highest BCUT2D eigenvalue weighted by Gasteiger charge is 2.46. The van der Waals surface area contributed by atoms with Gasteiger partial charge in [0.15, 0.2) is 17.5 Å². The van der Waals surface area contributed by atoms with Gasteiger partial charge in [-0.15, -0.1) is 11.8 Å². The number of phenols is 1. The van der Waals surface area contributed by atoms with Crippen LogP contribution in [0, 0.1) is 29.3 Å². The molecule has 1 fully saturated rings. The van der Waals surface area contributed by atoms with E-state index < -0.39 is 235 Å². The van der Waals surface area contributed by atoms with Gasteiger partial charge in [0, 0.05) is 109 Å². The number of hydrogen-bond donors (Lipinski definition) is 16. The van der Waals surface area contributed by atoms with Crippen LogP contribution in [0.1, 0.15) is 121 Å². The van der Waals surface area contributed by atoms with Crippen LogP contribution in [0.25, 0.3) is 10.9 Å². The smallest absolute Gasteiger partial charge is 0.305 e. The molecule has 0 radical (unpaired) electrons. The monoisotopic (exact) mass is 1920 g/mol. The van der Waals surface area contributed by atoms with Crippen LogP contribution in [0.5, 0.6) is 5.75 Å². The number of halogens is 3. The van der Waals surface area contributed by atoms with Crippen molar-refractivity contribution >= 4 is 118 Å². The standard InChI is InChI=1S/C94H126F3N17O21S/c1-10-12-27-73(93(133)114-47-63(117)43-75(114)88(128)103-60(48-115)42-81(122)123)110(7)92(132)76(40-56-23-17-14-18-24-56)112(9)90(130)72(38-58-35-65(95)82(97)66(96)36-58)105-79(119)51-136-50-61(49-135-52-101-46-78(99)118)104-84(124)69(34-53(3)4)107-85(125)70(37-57-28-30-62(116)31-29-57)108-86(126)71(41-59-45-102-67-26-20-19-25-64(59)67)109-89(129)77(44-98)113(11-2)91(131)68(32-33-80(120)121)106-87(127)74(39-55-21-15-13-16-22-55)111(8)94(134)83(100)54(5)6/h13-26,28-31,35-36,45,48,53-54,60-61,63,68-77,83,101-102,116-117H,10-12,27,32-34,37-44,46-47,49-52,98,100H2,1-9H3,(H2,99,118)(H,103,128)(H,104,124)(H,105,119)(H,106,127)(H,107,125)(H,108,126)(H,109,129)(H,120,121)(H,122,123)/t60-,61+,63+,68-,69-,70-,71-,72-,73-,74-,75+,76-,77+,83-/m0/s1. The summed E-state index contributed by atoms with van der Waals surface area (Å²) in [5, 5.41) is 62.6. The second-order valence-electron chi connectivity index (χ2n) is 34.4. The van der Waals surface area contributed by atoms with Gasteiger partial charge in [0.2, 0.25) is 76.8 Å². The van der Waals surface area contributed by atoms with Gasteiger partial charge >= 0.3 is 11.9 Å². The van der Waals surface area contributed by atoms with Gasteiger partial charge in [-0.25, -0.2) is 13.2 Å². The number of nitrogens with zero attached hydrogens (tertiary/aromatic N) is 5. The Morgan fingerprint density at radius 3 is 1.74 bits per heavy atom. The van der Waals surface area contributed by atoms with Gasteiger partial charge in [-0.05, 0) is 96.2 Å². The van der Waals surface area contributed by atoms with Crippen molar-refractivity contribution in [1.82, 2.24) is 72.0 Å². The Kier molecular flexibility index (Phi) is 43.7. The number of ether oxygens (including phenoxy) is 1. The molecule has 1 aliphatic rings. The molecule has 38 nitrogen and oxygen atoms in total. The van der Waals surface area contributed by atoms with E-state index in [2.05, 4.69) is 47.5 Å². The lowest BCUT2D eigenvalue weighted by molar-refractivity contribution is -0.152. The number of aromatic nitrogens is 1. The highest BCUT2D eigenvalue weighted by atomic mass is 32.2. The third-order valence-electron chi connectivity index (χ3n) is 23.2. The normalized spacial score (nSPS) is 15.7. The number of para-hydroxylation sites is 1. The third kappa shape index (κ3) is 33.0. The van der Waals surface area contributed by atoms with Crippen molar-refractivity contribution < 1.29 is 115 Å². The van der Waals surface area contributed by atoms with Gasteiger partial charge in [0.05, 0.1) is 56.3 Å². The molecular formula is C94H126F3N17O21S. The van der Waals surface area contributed by atoms with Gasteiger partial charge in [-0.3, -0.25) is 77.2 Å². The van der Waals surface area contributed by atoms with Crippen LogP contribution in [0.3, 0.4) is 0 Å². The van der Waals surface area contributed by atoms with Crippen molar-refractivity contribution in [3.63, 3.8) is 0 Å². The number of β-amino-alcohol motifs (C(OH)–C–C–N with tert-alkyl or cyclic N) is 1. The Balaban J connectivity index is 1.17. The molecule has 42 heteroatoms. The number of amides is 13. The predicted molar refractivity (Wildman–Crippen MR) is 496 cm³/mol. The van der Waals surface area contributed by atoms with Gasteiger partial charge < -0.3 is 114 Å². The molecule has 0 unspecified atom stereocenters. The number of phenolic OH excluding ortho intramolecular Hbond substituents is 1. The Bertz CT molecular complexity index is 5080. The van der Waals surface area contributed by atoms with Crippen molar-refractivity contribution in [2.75, 3.05) is 72.2 Å². The van der Waals surface area contributed by atoms with Crippen LogP contribution in [-0.2, 0) is 114 Å². The number of aromatic hydroxyl groups is 1. The zero-order valence-electron chi connectivity index (χ0n) is 77.5. The Morgan fingerprint density at radius 1 is 0.610 bits per heavy atom. The zero-order valence-corrected chi connectivity index (χ0v) is 78.3. The number of primary amides is 1. The molecular weight excluding hydrogens is 1790 g/mol. The molecule has 0 bridgehead atoms. The first-order chi connectivity index (χ1) is 64.6. The summed E-state index contributed by atoms with van der Waals surface area (Å²) < 4.78 is 50.8. The van der Waals surface area contributed by atoms with E-state index in [0.717, 1.165) is 36.3 Å². The van der Waals surface area contributed by atoms with E-state index in [1.807, 2.05) is 0 Å². The van der Waals surface area contributed by atoms with Gasteiger partial charge in [0.25, 0.3) is 0 Å². The quantitative estimate of drug-likeness (QED) is 0.0111. The summed E-state index contributed by atoms with van der Waals surface area (Å²) in [6.45, 7) is 7.84. The number of carbonyl (C=O) groups is 16. The number of carboxylic acid groups (broad SMARTS) is 2. The van der Waals surface area contributed by atoms with Crippen LogP contribution in [0.15, 0.2) is 128 Å². The summed E-state index contributed by atoms with van der Waals surface area (Å²) in [7, 11) is 3.86. The van der Waals surface area contributed by atoms with Gasteiger partial charge in [0.1, 0.15) is 72.5 Å². The van der Waals surface area contributed by atoms with Crippen molar-refractivity contribution in [1.29, 1.82) is 0 Å². The largest absolute Gasteiger partial charge is 0.508 e. The lowest BCUT2D eigenvalue weighted by atomic mass is 9.99. The number of likely N-dealkylation sites (N-methyl/N-ethyl adjacent to an activating group) is 4. The minimum Gasteiger partial charge on any atom is -0.508 e. The Hall–Kier alpha value is -12.9. The molecule has 1 aliphatic heterocycles. The molecule has 6 aromatic rings. The minimum atomic E-state index is -1.85. The van der Waals surface area contributed by atoms with E-state index in [0.29, 0.717) is 58.1 Å². The number of unbranched alkanes of at least 4 members (excludes halogenated alkanes) is 1. The number of aldehydes is 1. The topological polar surface area (TPSA) is 570 Å². The van der Waals surface area contributed by atoms with E-state index >= 15 is 42.3 Å². The molecule has 13 amide bonds. The van der Waals surface area contributed by atoms with Crippen LogP contribution in [-0.4, -0.2) is 302 Å². The van der Waals surface area contributed by atoms with E-state index in [1.54, 1.807) is 126 Å². The molecule has 740 valence electrons. The second kappa shape index (κ2) is 54.0. The fourth-order valence-corrected chi connectivity index (χ4v) is 16.6. The number of nitrogens with two attached hydrogens (primary N) is 3. The number of aliphatic hydroxyl groups is 1. The number of hydrogen-bond acceptors (Lipinski definition) is 23. The fraction of sp³-hybridized carbons (Fsp3) is 0.489. The number of nitrogens with one attached hydrogen (secondary N) is 9. The third-order valence-corrected chi connectivity index (χ3v) is 24.3. The molecule has 14 atom stereocenters. The summed E-state index contributed by atoms with van der Waals surface area (Å²) in [6.07, 6.45) is -2.80. The molecule has 2 heterocycles. The molecule has 0 spiro atoms. The highest BCUT2D eigenvalue weighted by Crippen LogP contribution is 2.28. The van der Waals surface area contributed by atoms with E-state index in [4.69, 9.17) is 21.9 Å². The molecule has 1 aromatic heterocycles. The van der Waals surface area contributed by atoms with Crippen LogP contribution < -0.4 is 59.7 Å². The van der Waals surface area contributed by atoms with Crippen molar-refractivity contribution in [2.45, 2.75) is 210 Å². The molecule has 5 aromatic carbocycles. The lowest BCUT2D eigenvalue weighted by Crippen LogP contribution is -2.62. The summed E-state index contributed by atoms with van der Waals surface area (Å²) in [6, 6.07) is 11.4. The summed E-state index contributed by atoms with van der Waals surface area (Å²) >= 11 is 0.850. The molecule has 1 saturated heterocycles. The van der Waals surface area contributed by atoms with E-state index in [9.17, 15) is 68.0 Å². The maximum Gasteiger partial charge on any atom is 0.305 e. The number of aliphatic carboxylic acids is 2. The predicted octanol–water partition coefficient (Wildman–Crippen LogP) is 1.36. The van der Waals surface area contributed by atoms with E-state index in [-0.39, 0.29) is 107 Å². The highest BCUT2D eigenvalue weighted by molar-refractivity contribution is 8.00. The SMILES string of the molecule is CCCC[C@@H](C(=O)N1C[C@H](O)C[C@@H]1C(=O)N[C@H](C=O)CC(=O)O)N(C)C(=O)[C@H](Cc1ccccc1)N(C)C(=O)[C@H](Cc1cc(F)c(F)c(F)c1)NC(=O)CSC[C@@H](COCNCC(N)=O)NC(=O)[C@H](CC(C)C)NC(=O)[C@H](Cc1ccc(O)cc1)NC(=O)[C@H](Cc1c[nH]c2ccccc12)NC(=O)[C@@H](CN)N(CC)C(=O)[C@H](CCC(=O)O)NC(=O)[C@H](Cc1ccccc1)N(C)C(=O)[C@@H](N)C(C)C. The van der Waals surface area contributed by atoms with Crippen molar-refractivity contribution in [3.05, 3.63) is 173 Å². The second-order valence-corrected chi connectivity index (χ2v) is 35.4. The number of carboxylic acids is 2. The number of benzene rings is 5. The summed E-state index contributed by atoms with van der Waals surface area (Å²) in [5.74, 6) is -21.2. The number of H-pyrrole nitrogens is 1. The fourth-order valence-electron chi connectivity index (χ4n) is 15.7. The number of thioether (sulfide) groups is 1. The van der Waals surface area contributed by atoms with Gasteiger partial charge in [-0.2, -0.15) is 0 Å². The summed E-state index contributed by atoms with van der Waals surface area (Å²) in [4.78, 5) is 234. The molecule has 19 N–H and O–H groups in total. The van der Waals surface area contributed by atoms with Crippen LogP contribution in [0.2, 0.25) is 0 Å². The van der Waals surface area contributed by atoms with E-state index in [1.165, 1.54) is 52.3 Å².